The second-order valence-corrected chi connectivity index (χ2v) is 11.4. The summed E-state index contributed by atoms with van der Waals surface area (Å²) in [7, 11) is 0. The first-order chi connectivity index (χ1) is 15.2. The summed E-state index contributed by atoms with van der Waals surface area (Å²) in [5.41, 5.74) is 3.71. The van der Waals surface area contributed by atoms with Crippen molar-refractivity contribution in [2.24, 2.45) is 22.7 Å². The molecule has 0 heteroatoms. The molecular weight excluding hydrogens is 372 g/mol. The lowest BCUT2D eigenvalue weighted by atomic mass is 9.48. The normalized spacial score (nSPS) is 32.5. The molecule has 0 aromatic heterocycles. The van der Waals surface area contributed by atoms with E-state index in [1.165, 1.54) is 120 Å². The smallest absolute Gasteiger partial charge is 0.0319 e. The molecule has 4 fully saturated rings. The first-order valence-electron chi connectivity index (χ1n) is 13.8. The van der Waals surface area contributed by atoms with E-state index in [0.717, 1.165) is 11.8 Å². The van der Waals surface area contributed by atoms with Gasteiger partial charge in [-0.3, -0.25) is 0 Å². The van der Waals surface area contributed by atoms with Crippen LogP contribution in [0.5, 0.6) is 0 Å². The number of hydrogen-bond donors (Lipinski definition) is 0. The molecule has 4 aliphatic rings. The van der Waals surface area contributed by atoms with Gasteiger partial charge in [0, 0.05) is 11.0 Å². The van der Waals surface area contributed by atoms with Gasteiger partial charge in [0.1, 0.15) is 0 Å². The molecule has 5 rings (SSSR count). The minimum atomic E-state index is 0.333. The van der Waals surface area contributed by atoms with E-state index in [0.29, 0.717) is 10.8 Å². The van der Waals surface area contributed by atoms with E-state index in [9.17, 15) is 0 Å². The second-order valence-electron chi connectivity index (χ2n) is 11.4. The molecule has 0 N–H and O–H groups in total. The summed E-state index contributed by atoms with van der Waals surface area (Å²) in [5.74, 6) is 9.46. The highest BCUT2D eigenvalue weighted by Crippen LogP contribution is 2.62. The van der Waals surface area contributed by atoms with E-state index in [1.54, 1.807) is 0 Å². The average molecular weight is 419 g/mol. The highest BCUT2D eigenvalue weighted by molar-refractivity contribution is 5.38. The maximum atomic E-state index is 3.81. The third-order valence-corrected chi connectivity index (χ3v) is 9.48. The van der Waals surface area contributed by atoms with Crippen LogP contribution in [0.15, 0.2) is 24.3 Å². The summed E-state index contributed by atoms with van der Waals surface area (Å²) in [6.07, 6.45) is 24.1. The predicted molar refractivity (Wildman–Crippen MR) is 134 cm³/mol. The van der Waals surface area contributed by atoms with E-state index in [-0.39, 0.29) is 0 Å². The molecule has 31 heavy (non-hydrogen) atoms. The van der Waals surface area contributed by atoms with Gasteiger partial charge in [-0.1, -0.05) is 82.8 Å². The van der Waals surface area contributed by atoms with Crippen molar-refractivity contribution in [3.05, 3.63) is 35.4 Å². The summed E-state index contributed by atoms with van der Waals surface area (Å²) in [6, 6.07) is 9.10. The fourth-order valence-electron chi connectivity index (χ4n) is 7.10. The summed E-state index contributed by atoms with van der Waals surface area (Å²) < 4.78 is 0. The van der Waals surface area contributed by atoms with E-state index < -0.39 is 0 Å². The van der Waals surface area contributed by atoms with Crippen molar-refractivity contribution in [2.45, 2.75) is 123 Å². The van der Waals surface area contributed by atoms with Gasteiger partial charge in [-0.2, -0.15) is 0 Å². The lowest BCUT2D eigenvalue weighted by Gasteiger charge is -2.56. The van der Waals surface area contributed by atoms with E-state index >= 15 is 0 Å². The molecule has 4 saturated carbocycles. The van der Waals surface area contributed by atoms with E-state index in [1.807, 2.05) is 0 Å². The zero-order valence-corrected chi connectivity index (χ0v) is 20.5. The van der Waals surface area contributed by atoms with Crippen LogP contribution in [0.3, 0.4) is 0 Å². The third kappa shape index (κ3) is 5.59. The van der Waals surface area contributed by atoms with Crippen molar-refractivity contribution in [1.29, 1.82) is 0 Å². The molecule has 0 heterocycles. The molecule has 0 atom stereocenters. The van der Waals surface area contributed by atoms with Crippen LogP contribution in [0, 0.1) is 34.5 Å². The number of hydrogen-bond acceptors (Lipinski definition) is 0. The zero-order chi connectivity index (χ0) is 21.6. The quantitative estimate of drug-likeness (QED) is 0.291. The fraction of sp³-hybridized carbons (Fsp3) is 0.742. The van der Waals surface area contributed by atoms with Gasteiger partial charge in [0.05, 0.1) is 0 Å². The SMILES string of the molecule is CCCCCC1CCC(C23CCC(C#Cc4ccc(CCCC)cc4)(CC2)CC3)CC1. The Morgan fingerprint density at radius 2 is 1.42 bits per heavy atom. The number of fused-ring (bicyclic) bond motifs is 3. The lowest BCUT2D eigenvalue weighted by Crippen LogP contribution is -2.45. The Morgan fingerprint density at radius 1 is 0.774 bits per heavy atom. The maximum Gasteiger partial charge on any atom is 0.0319 e. The lowest BCUT2D eigenvalue weighted by molar-refractivity contribution is -0.0379. The molecule has 0 unspecified atom stereocenters. The van der Waals surface area contributed by atoms with Crippen LogP contribution in [-0.2, 0) is 6.42 Å². The minimum absolute atomic E-state index is 0.333. The van der Waals surface area contributed by atoms with Gasteiger partial charge >= 0.3 is 0 Å². The van der Waals surface area contributed by atoms with Crippen LogP contribution in [0.1, 0.15) is 128 Å². The van der Waals surface area contributed by atoms with Crippen molar-refractivity contribution in [2.75, 3.05) is 0 Å². The van der Waals surface area contributed by atoms with E-state index in [4.69, 9.17) is 0 Å². The van der Waals surface area contributed by atoms with Gasteiger partial charge in [-0.05, 0) is 99.2 Å². The van der Waals surface area contributed by atoms with E-state index in [2.05, 4.69) is 50.0 Å². The summed E-state index contributed by atoms with van der Waals surface area (Å²) >= 11 is 0. The maximum absolute atomic E-state index is 3.81. The standard InChI is InChI=1S/C31H46/c1-3-5-7-9-27-14-16-29(17-15-27)31-23-20-30(21-24-31,22-25-31)19-18-28-12-10-26(11-13-28)8-6-4-2/h10-13,27,29H,3-9,14-17,20-25H2,1-2H3. The zero-order valence-electron chi connectivity index (χ0n) is 20.5. The first-order valence-corrected chi connectivity index (χ1v) is 13.8. The van der Waals surface area contributed by atoms with Gasteiger partial charge in [0.25, 0.3) is 0 Å². The number of unbranched alkanes of at least 4 members (excludes halogenated alkanes) is 3. The Bertz CT molecular complexity index is 710. The molecule has 170 valence electrons. The summed E-state index contributed by atoms with van der Waals surface area (Å²) in [4.78, 5) is 0. The molecule has 1 aromatic rings. The van der Waals surface area contributed by atoms with Crippen molar-refractivity contribution in [1.82, 2.24) is 0 Å². The number of aryl methyl sites for hydroxylation is 1. The highest BCUT2D eigenvalue weighted by Gasteiger charge is 2.51. The van der Waals surface area contributed by atoms with Crippen molar-refractivity contribution >= 4 is 0 Å². The monoisotopic (exact) mass is 418 g/mol. The summed E-state index contributed by atoms with van der Waals surface area (Å²) in [6.45, 7) is 4.60. The Balaban J connectivity index is 1.29. The Kier molecular flexibility index (Phi) is 7.85. The van der Waals surface area contributed by atoms with Crippen molar-refractivity contribution in [3.8, 4) is 11.8 Å². The van der Waals surface area contributed by atoms with Crippen LogP contribution >= 0.6 is 0 Å². The van der Waals surface area contributed by atoms with Gasteiger partial charge in [0.2, 0.25) is 0 Å². The van der Waals surface area contributed by atoms with Crippen LogP contribution in [-0.4, -0.2) is 0 Å². The molecular formula is C31H46. The molecule has 0 aliphatic heterocycles. The van der Waals surface area contributed by atoms with Gasteiger partial charge in [0.15, 0.2) is 0 Å². The molecule has 0 radical (unpaired) electrons. The molecule has 0 amide bonds. The van der Waals surface area contributed by atoms with Crippen LogP contribution in [0.25, 0.3) is 0 Å². The molecule has 2 bridgehead atoms. The molecule has 1 aromatic carbocycles. The topological polar surface area (TPSA) is 0 Å². The first kappa shape index (κ1) is 23.0. The van der Waals surface area contributed by atoms with Gasteiger partial charge in [-0.15, -0.1) is 0 Å². The predicted octanol–water partition coefficient (Wildman–Crippen LogP) is 9.11. The average Bonchev–Trinajstić information content (AvgIpc) is 2.84. The Labute approximate surface area is 193 Å². The molecule has 4 aliphatic carbocycles. The molecule has 0 saturated heterocycles. The number of benzene rings is 1. The molecule has 0 spiro atoms. The number of rotatable bonds is 8. The van der Waals surface area contributed by atoms with Crippen LogP contribution < -0.4 is 0 Å². The minimum Gasteiger partial charge on any atom is -0.0911 e. The largest absolute Gasteiger partial charge is 0.0911 e. The Hall–Kier alpha value is -1.22. The van der Waals surface area contributed by atoms with Crippen LogP contribution in [0.4, 0.5) is 0 Å². The van der Waals surface area contributed by atoms with Gasteiger partial charge < -0.3 is 0 Å². The third-order valence-electron chi connectivity index (χ3n) is 9.48. The van der Waals surface area contributed by atoms with Crippen molar-refractivity contribution in [3.63, 3.8) is 0 Å². The second kappa shape index (κ2) is 10.6. The van der Waals surface area contributed by atoms with Gasteiger partial charge in [-0.25, -0.2) is 0 Å². The highest BCUT2D eigenvalue weighted by atomic mass is 14.6. The van der Waals surface area contributed by atoms with Crippen molar-refractivity contribution < 1.29 is 0 Å². The molecule has 0 nitrogen and oxygen atoms in total. The Morgan fingerprint density at radius 3 is 2.03 bits per heavy atom. The fourth-order valence-corrected chi connectivity index (χ4v) is 7.10. The summed E-state index contributed by atoms with van der Waals surface area (Å²) in [5, 5.41) is 0. The van der Waals surface area contributed by atoms with Crippen LogP contribution in [0.2, 0.25) is 0 Å².